The fraction of sp³-hybridized carbons (Fsp3) is 0.133. The smallest absolute Gasteiger partial charge is 0.340 e. The number of nitro benzene ring substituents is 1. The molecule has 0 aliphatic rings. The van der Waals surface area contributed by atoms with Crippen molar-refractivity contribution in [1.82, 2.24) is 0 Å². The molecule has 8 heteroatoms. The van der Waals surface area contributed by atoms with Crippen LogP contribution >= 0.6 is 23.2 Å². The van der Waals surface area contributed by atoms with Crippen LogP contribution in [0.1, 0.15) is 15.9 Å². The van der Waals surface area contributed by atoms with Crippen LogP contribution in [0.5, 0.6) is 5.75 Å². The van der Waals surface area contributed by atoms with Gasteiger partial charge in [0.2, 0.25) is 0 Å². The van der Waals surface area contributed by atoms with E-state index in [4.69, 9.17) is 32.7 Å². The molecule has 0 bridgehead atoms. The summed E-state index contributed by atoms with van der Waals surface area (Å²) in [5.41, 5.74) is 0.356. The standard InChI is InChI=1S/C15H11Cl2NO5/c1-22-14-5-3-11(18(20)21)6-9(14)8-23-15(19)12-7-10(16)2-4-13(12)17/h2-7H,8H2,1H3. The third-order valence-corrected chi connectivity index (χ3v) is 3.55. The van der Waals surface area contributed by atoms with Gasteiger partial charge < -0.3 is 9.47 Å². The molecule has 0 atom stereocenters. The molecule has 2 rings (SSSR count). The summed E-state index contributed by atoms with van der Waals surface area (Å²) >= 11 is 11.7. The van der Waals surface area contributed by atoms with E-state index in [-0.39, 0.29) is 22.9 Å². The van der Waals surface area contributed by atoms with Crippen molar-refractivity contribution >= 4 is 34.9 Å². The predicted molar refractivity (Wildman–Crippen MR) is 85.2 cm³/mol. The third kappa shape index (κ3) is 4.12. The van der Waals surface area contributed by atoms with Gasteiger partial charge >= 0.3 is 5.97 Å². The predicted octanol–water partition coefficient (Wildman–Crippen LogP) is 4.27. The number of nitrogens with zero attached hydrogens (tertiary/aromatic N) is 1. The highest BCUT2D eigenvalue weighted by Gasteiger charge is 2.16. The van der Waals surface area contributed by atoms with Gasteiger partial charge in [0, 0.05) is 22.7 Å². The molecule has 23 heavy (non-hydrogen) atoms. The highest BCUT2D eigenvalue weighted by molar-refractivity contribution is 6.35. The molecule has 0 N–H and O–H groups in total. The fourth-order valence-corrected chi connectivity index (χ4v) is 2.23. The molecule has 2 aromatic rings. The van der Waals surface area contributed by atoms with Crippen molar-refractivity contribution in [3.8, 4) is 5.75 Å². The van der Waals surface area contributed by atoms with Gasteiger partial charge in [-0.1, -0.05) is 23.2 Å². The van der Waals surface area contributed by atoms with Crippen LogP contribution in [0, 0.1) is 10.1 Å². The maximum Gasteiger partial charge on any atom is 0.340 e. The molecule has 0 spiro atoms. The lowest BCUT2D eigenvalue weighted by atomic mass is 10.2. The molecule has 0 heterocycles. The summed E-state index contributed by atoms with van der Waals surface area (Å²) in [6.07, 6.45) is 0. The number of halogens is 2. The highest BCUT2D eigenvalue weighted by Crippen LogP contribution is 2.26. The summed E-state index contributed by atoms with van der Waals surface area (Å²) in [5.74, 6) is -0.313. The second-order valence-corrected chi connectivity index (χ2v) is 5.30. The summed E-state index contributed by atoms with van der Waals surface area (Å²) in [6.45, 7) is -0.202. The van der Waals surface area contributed by atoms with Crippen LogP contribution in [0.15, 0.2) is 36.4 Å². The van der Waals surface area contributed by atoms with Gasteiger partial charge in [0.1, 0.15) is 12.4 Å². The number of esters is 1. The number of nitro groups is 1. The number of non-ortho nitro benzene ring substituents is 1. The van der Waals surface area contributed by atoms with Crippen molar-refractivity contribution in [2.75, 3.05) is 7.11 Å². The van der Waals surface area contributed by atoms with Crippen LogP contribution < -0.4 is 4.74 Å². The molecule has 0 aliphatic heterocycles. The second kappa shape index (κ2) is 7.30. The van der Waals surface area contributed by atoms with E-state index in [1.165, 1.54) is 37.4 Å². The molecule has 120 valence electrons. The van der Waals surface area contributed by atoms with Crippen molar-refractivity contribution in [2.24, 2.45) is 0 Å². The van der Waals surface area contributed by atoms with E-state index >= 15 is 0 Å². The Hall–Kier alpha value is -2.31. The lowest BCUT2D eigenvalue weighted by Crippen LogP contribution is -2.07. The Morgan fingerprint density at radius 3 is 2.61 bits per heavy atom. The Kier molecular flexibility index (Phi) is 5.41. The number of hydrogen-bond donors (Lipinski definition) is 0. The molecule has 0 radical (unpaired) electrons. The number of methoxy groups -OCH3 is 1. The van der Waals surface area contributed by atoms with E-state index in [9.17, 15) is 14.9 Å². The maximum absolute atomic E-state index is 12.1. The molecular weight excluding hydrogens is 345 g/mol. The Bertz CT molecular complexity index is 764. The Morgan fingerprint density at radius 2 is 1.96 bits per heavy atom. The number of rotatable bonds is 5. The van der Waals surface area contributed by atoms with E-state index in [2.05, 4.69) is 0 Å². The van der Waals surface area contributed by atoms with Gasteiger partial charge in [-0.2, -0.15) is 0 Å². The molecule has 0 saturated carbocycles. The van der Waals surface area contributed by atoms with Crippen LogP contribution in [-0.4, -0.2) is 18.0 Å². The van der Waals surface area contributed by atoms with E-state index in [1.54, 1.807) is 6.07 Å². The first kappa shape index (κ1) is 17.1. The minimum Gasteiger partial charge on any atom is -0.496 e. The van der Waals surface area contributed by atoms with Gasteiger partial charge in [0.15, 0.2) is 0 Å². The third-order valence-electron chi connectivity index (χ3n) is 2.98. The normalized spacial score (nSPS) is 10.2. The Balaban J connectivity index is 2.19. The summed E-state index contributed by atoms with van der Waals surface area (Å²) in [4.78, 5) is 22.3. The van der Waals surface area contributed by atoms with E-state index in [1.807, 2.05) is 0 Å². The van der Waals surface area contributed by atoms with Gasteiger partial charge in [0.25, 0.3) is 5.69 Å². The Labute approximate surface area is 141 Å². The van der Waals surface area contributed by atoms with Gasteiger partial charge in [-0.05, 0) is 24.3 Å². The van der Waals surface area contributed by atoms with Gasteiger partial charge in [-0.15, -0.1) is 0 Å². The van der Waals surface area contributed by atoms with Crippen molar-refractivity contribution < 1.29 is 19.2 Å². The first-order valence-electron chi connectivity index (χ1n) is 6.36. The van der Waals surface area contributed by atoms with Gasteiger partial charge in [-0.3, -0.25) is 10.1 Å². The minimum absolute atomic E-state index is 0.114. The molecule has 0 fully saturated rings. The van der Waals surface area contributed by atoms with Gasteiger partial charge in [-0.25, -0.2) is 4.79 Å². The van der Waals surface area contributed by atoms with E-state index in [0.29, 0.717) is 16.3 Å². The largest absolute Gasteiger partial charge is 0.496 e. The molecule has 0 saturated heterocycles. The van der Waals surface area contributed by atoms with Crippen molar-refractivity contribution in [3.05, 3.63) is 67.7 Å². The van der Waals surface area contributed by atoms with Crippen LogP contribution in [-0.2, 0) is 11.3 Å². The number of ether oxygens (including phenoxy) is 2. The number of hydrogen-bond acceptors (Lipinski definition) is 5. The van der Waals surface area contributed by atoms with Crippen LogP contribution in [0.25, 0.3) is 0 Å². The summed E-state index contributed by atoms with van der Waals surface area (Å²) < 4.78 is 10.2. The lowest BCUT2D eigenvalue weighted by Gasteiger charge is -2.10. The monoisotopic (exact) mass is 355 g/mol. The lowest BCUT2D eigenvalue weighted by molar-refractivity contribution is -0.385. The molecular formula is C15H11Cl2NO5. The topological polar surface area (TPSA) is 78.7 Å². The van der Waals surface area contributed by atoms with Crippen molar-refractivity contribution in [3.63, 3.8) is 0 Å². The average Bonchev–Trinajstić information content (AvgIpc) is 2.54. The first-order valence-corrected chi connectivity index (χ1v) is 7.11. The first-order chi connectivity index (χ1) is 10.9. The van der Waals surface area contributed by atoms with Gasteiger partial charge in [0.05, 0.1) is 22.6 Å². The van der Waals surface area contributed by atoms with Crippen LogP contribution in [0.2, 0.25) is 10.0 Å². The zero-order valence-corrected chi connectivity index (χ0v) is 13.4. The average molecular weight is 356 g/mol. The molecule has 0 amide bonds. The zero-order chi connectivity index (χ0) is 17.0. The van der Waals surface area contributed by atoms with E-state index in [0.717, 1.165) is 0 Å². The summed E-state index contributed by atoms with van der Waals surface area (Å²) in [7, 11) is 1.42. The van der Waals surface area contributed by atoms with Crippen LogP contribution in [0.4, 0.5) is 5.69 Å². The zero-order valence-electron chi connectivity index (χ0n) is 11.9. The highest BCUT2D eigenvalue weighted by atomic mass is 35.5. The molecule has 0 aliphatic carbocycles. The second-order valence-electron chi connectivity index (χ2n) is 4.45. The number of carbonyl (C=O) groups excluding carboxylic acids is 1. The fourth-order valence-electron chi connectivity index (χ4n) is 1.87. The SMILES string of the molecule is COc1ccc([N+](=O)[O-])cc1COC(=O)c1cc(Cl)ccc1Cl. The van der Waals surface area contributed by atoms with Crippen molar-refractivity contribution in [2.45, 2.75) is 6.61 Å². The summed E-state index contributed by atoms with van der Waals surface area (Å²) in [5, 5.41) is 11.4. The minimum atomic E-state index is -0.689. The maximum atomic E-state index is 12.1. The number of benzene rings is 2. The molecule has 6 nitrogen and oxygen atoms in total. The number of carbonyl (C=O) groups is 1. The molecule has 0 aromatic heterocycles. The molecule has 2 aromatic carbocycles. The summed E-state index contributed by atoms with van der Waals surface area (Å²) in [6, 6.07) is 8.44. The Morgan fingerprint density at radius 1 is 1.22 bits per heavy atom. The quantitative estimate of drug-likeness (QED) is 0.454. The van der Waals surface area contributed by atoms with Crippen molar-refractivity contribution in [1.29, 1.82) is 0 Å². The van der Waals surface area contributed by atoms with E-state index < -0.39 is 10.9 Å². The molecule has 0 unspecified atom stereocenters. The van der Waals surface area contributed by atoms with Crippen LogP contribution in [0.3, 0.4) is 0 Å².